The van der Waals surface area contributed by atoms with Gasteiger partial charge in [0.2, 0.25) is 0 Å². The van der Waals surface area contributed by atoms with E-state index in [-0.39, 0.29) is 0 Å². The molecule has 0 radical (unpaired) electrons. The van der Waals surface area contributed by atoms with E-state index in [0.29, 0.717) is 6.04 Å². The van der Waals surface area contributed by atoms with Crippen molar-refractivity contribution in [2.45, 2.75) is 25.8 Å². The third-order valence-corrected chi connectivity index (χ3v) is 4.56. The number of aromatic nitrogens is 1. The molecule has 2 aromatic rings. The smallest absolute Gasteiger partial charge is 0.0372 e. The molecule has 0 bridgehead atoms. The minimum atomic E-state index is 0.321. The molecule has 4 heteroatoms. The van der Waals surface area contributed by atoms with E-state index in [1.54, 1.807) is 0 Å². The average Bonchev–Trinajstić information content (AvgIpc) is 2.47. The van der Waals surface area contributed by atoms with Crippen molar-refractivity contribution in [3.63, 3.8) is 0 Å². The van der Waals surface area contributed by atoms with E-state index in [1.807, 2.05) is 12.4 Å². The van der Waals surface area contributed by atoms with Crippen molar-refractivity contribution in [2.75, 3.05) is 6.54 Å². The van der Waals surface area contributed by atoms with E-state index in [2.05, 4.69) is 86.1 Å². The van der Waals surface area contributed by atoms with Gasteiger partial charge in [0.25, 0.3) is 0 Å². The molecule has 0 amide bonds. The number of halogens is 2. The quantitative estimate of drug-likeness (QED) is 0.651. The van der Waals surface area contributed by atoms with Gasteiger partial charge < -0.3 is 5.32 Å². The second kappa shape index (κ2) is 8.10. The molecular weight excluding hydrogens is 427 g/mol. The monoisotopic (exact) mass is 444 g/mol. The van der Waals surface area contributed by atoms with Crippen LogP contribution in [0.25, 0.3) is 0 Å². The van der Waals surface area contributed by atoms with E-state index in [4.69, 9.17) is 0 Å². The van der Waals surface area contributed by atoms with Crippen molar-refractivity contribution in [1.82, 2.24) is 10.3 Å². The van der Waals surface area contributed by atoms with Gasteiger partial charge in [0.15, 0.2) is 0 Å². The second-order valence-electron chi connectivity index (χ2n) is 4.73. The van der Waals surface area contributed by atoms with E-state index in [9.17, 15) is 0 Å². The molecule has 20 heavy (non-hydrogen) atoms. The molecule has 1 N–H and O–H groups in total. The van der Waals surface area contributed by atoms with E-state index in [1.165, 1.54) is 19.2 Å². The fourth-order valence-electron chi connectivity index (χ4n) is 2.15. The number of nitrogens with zero attached hydrogens (tertiary/aromatic N) is 1. The molecule has 106 valence electrons. The van der Waals surface area contributed by atoms with Gasteiger partial charge >= 0.3 is 0 Å². The van der Waals surface area contributed by atoms with Gasteiger partial charge in [0.1, 0.15) is 0 Å². The number of benzene rings is 1. The van der Waals surface area contributed by atoms with Crippen LogP contribution in [0, 0.1) is 3.57 Å². The Bertz CT molecular complexity index is 545. The normalized spacial score (nSPS) is 12.3. The van der Waals surface area contributed by atoms with Crippen molar-refractivity contribution in [2.24, 2.45) is 0 Å². The lowest BCUT2D eigenvalue weighted by Crippen LogP contribution is -2.24. The van der Waals surface area contributed by atoms with Crippen LogP contribution in [0.3, 0.4) is 0 Å². The largest absolute Gasteiger partial charge is 0.310 e. The molecule has 0 aliphatic carbocycles. The molecule has 1 aromatic carbocycles. The van der Waals surface area contributed by atoms with Crippen LogP contribution >= 0.6 is 38.5 Å². The van der Waals surface area contributed by atoms with Crippen molar-refractivity contribution >= 4 is 38.5 Å². The predicted octanol–water partition coefficient (Wildman–Crippen LogP) is 4.73. The molecular formula is C16H18BrIN2. The molecule has 0 aliphatic rings. The van der Waals surface area contributed by atoms with Crippen LogP contribution < -0.4 is 5.32 Å². The maximum Gasteiger partial charge on any atom is 0.0372 e. The molecule has 0 saturated carbocycles. The number of pyridine rings is 1. The first-order chi connectivity index (χ1) is 9.70. The first kappa shape index (κ1) is 15.9. The van der Waals surface area contributed by atoms with Crippen LogP contribution in [-0.2, 0) is 6.42 Å². The number of hydrogen-bond acceptors (Lipinski definition) is 2. The summed E-state index contributed by atoms with van der Waals surface area (Å²) in [6.45, 7) is 3.22. The summed E-state index contributed by atoms with van der Waals surface area (Å²) in [4.78, 5) is 4.09. The summed E-state index contributed by atoms with van der Waals surface area (Å²) in [6, 6.07) is 11.0. The Kier molecular flexibility index (Phi) is 6.45. The van der Waals surface area contributed by atoms with Crippen molar-refractivity contribution in [3.05, 3.63) is 61.9 Å². The predicted molar refractivity (Wildman–Crippen MR) is 95.8 cm³/mol. The lowest BCUT2D eigenvalue weighted by Gasteiger charge is -2.21. The van der Waals surface area contributed by atoms with E-state index in [0.717, 1.165) is 19.4 Å². The van der Waals surface area contributed by atoms with Crippen LogP contribution in [0.15, 0.2) is 47.2 Å². The van der Waals surface area contributed by atoms with Gasteiger partial charge in [-0.2, -0.15) is 0 Å². The van der Waals surface area contributed by atoms with Gasteiger partial charge in [-0.25, -0.2) is 0 Å². The lowest BCUT2D eigenvalue weighted by molar-refractivity contribution is 0.527. The minimum absolute atomic E-state index is 0.321. The Labute approximate surface area is 142 Å². The van der Waals surface area contributed by atoms with Crippen LogP contribution in [0.4, 0.5) is 0 Å². The van der Waals surface area contributed by atoms with Gasteiger partial charge in [-0.3, -0.25) is 4.98 Å². The van der Waals surface area contributed by atoms with E-state index >= 15 is 0 Å². The maximum absolute atomic E-state index is 4.09. The zero-order valence-electron chi connectivity index (χ0n) is 11.4. The Morgan fingerprint density at radius 2 is 2.00 bits per heavy atom. The molecule has 2 nitrogen and oxygen atoms in total. The van der Waals surface area contributed by atoms with Crippen LogP contribution in [-0.4, -0.2) is 11.5 Å². The maximum atomic E-state index is 4.09. The highest BCUT2D eigenvalue weighted by molar-refractivity contribution is 14.1. The highest BCUT2D eigenvalue weighted by Crippen LogP contribution is 2.28. The molecule has 0 aliphatic heterocycles. The van der Waals surface area contributed by atoms with Gasteiger partial charge in [-0.1, -0.05) is 22.9 Å². The zero-order chi connectivity index (χ0) is 14.4. The fourth-order valence-corrected chi connectivity index (χ4v) is 3.19. The molecule has 1 unspecified atom stereocenters. The molecule has 2 rings (SSSR count). The first-order valence-electron chi connectivity index (χ1n) is 6.78. The first-order valence-corrected chi connectivity index (χ1v) is 8.65. The van der Waals surface area contributed by atoms with Crippen LogP contribution in [0.1, 0.15) is 30.5 Å². The molecule has 0 fully saturated rings. The van der Waals surface area contributed by atoms with Gasteiger partial charge in [-0.05, 0) is 83.4 Å². The van der Waals surface area contributed by atoms with Gasteiger partial charge in [-0.15, -0.1) is 0 Å². The summed E-state index contributed by atoms with van der Waals surface area (Å²) in [5, 5.41) is 3.65. The van der Waals surface area contributed by atoms with Gasteiger partial charge in [0, 0.05) is 26.5 Å². The summed E-state index contributed by atoms with van der Waals surface area (Å²) in [7, 11) is 0. The van der Waals surface area contributed by atoms with Crippen molar-refractivity contribution in [3.8, 4) is 0 Å². The summed E-state index contributed by atoms with van der Waals surface area (Å²) >= 11 is 6.05. The second-order valence-corrected chi connectivity index (χ2v) is 6.83. The molecule has 1 atom stereocenters. The number of hydrogen-bond donors (Lipinski definition) is 1. The fraction of sp³-hybridized carbons (Fsp3) is 0.312. The average molecular weight is 445 g/mol. The van der Waals surface area contributed by atoms with Crippen LogP contribution in [0.2, 0.25) is 0 Å². The molecule has 1 aromatic heterocycles. The topological polar surface area (TPSA) is 24.9 Å². The molecule has 0 saturated heterocycles. The summed E-state index contributed by atoms with van der Waals surface area (Å²) in [5.74, 6) is 0. The lowest BCUT2D eigenvalue weighted by atomic mass is 9.99. The van der Waals surface area contributed by atoms with Crippen molar-refractivity contribution < 1.29 is 0 Å². The summed E-state index contributed by atoms with van der Waals surface area (Å²) in [5.41, 5.74) is 2.63. The number of nitrogens with one attached hydrogen (secondary N) is 1. The summed E-state index contributed by atoms with van der Waals surface area (Å²) < 4.78 is 2.43. The third-order valence-electron chi connectivity index (χ3n) is 3.16. The summed E-state index contributed by atoms with van der Waals surface area (Å²) in [6.07, 6.45) is 5.82. The molecule has 0 spiro atoms. The number of rotatable bonds is 6. The Morgan fingerprint density at radius 3 is 2.70 bits per heavy atom. The highest BCUT2D eigenvalue weighted by atomic mass is 127. The minimum Gasteiger partial charge on any atom is -0.310 e. The SMILES string of the molecule is CCCNC(Cc1ccncc1)c1cc(I)ccc1Br. The highest BCUT2D eigenvalue weighted by Gasteiger charge is 2.15. The Morgan fingerprint density at radius 1 is 1.25 bits per heavy atom. The Balaban J connectivity index is 2.24. The Hall–Kier alpha value is -0.460. The van der Waals surface area contributed by atoms with Gasteiger partial charge in [0.05, 0.1) is 0 Å². The molecule has 1 heterocycles. The third kappa shape index (κ3) is 4.53. The van der Waals surface area contributed by atoms with Crippen molar-refractivity contribution in [1.29, 1.82) is 0 Å². The zero-order valence-corrected chi connectivity index (χ0v) is 15.2. The van der Waals surface area contributed by atoms with Crippen LogP contribution in [0.5, 0.6) is 0 Å². The van der Waals surface area contributed by atoms with E-state index < -0.39 is 0 Å². The standard InChI is InChI=1S/C16H18BrIN2/c1-2-7-20-16(10-12-5-8-19-9-6-12)14-11-13(18)3-4-15(14)17/h3-6,8-9,11,16,20H,2,7,10H2,1H3.